The minimum Gasteiger partial charge on any atom is -0.349 e. The summed E-state index contributed by atoms with van der Waals surface area (Å²) >= 11 is 3.35. The van der Waals surface area contributed by atoms with Crippen LogP contribution in [0.2, 0.25) is 0 Å². The first-order chi connectivity index (χ1) is 10.0. The molecule has 0 aliphatic heterocycles. The van der Waals surface area contributed by atoms with Gasteiger partial charge in [0.15, 0.2) is 0 Å². The number of rotatable bonds is 4. The van der Waals surface area contributed by atoms with Crippen LogP contribution in [0, 0.1) is 13.8 Å². The van der Waals surface area contributed by atoms with E-state index in [9.17, 15) is 4.79 Å². The van der Waals surface area contributed by atoms with Crippen LogP contribution < -0.4 is 5.43 Å². The number of aryl methyl sites for hydroxylation is 1. The summed E-state index contributed by atoms with van der Waals surface area (Å²) in [7, 11) is 0. The number of hydrazone groups is 1. The molecule has 0 fully saturated rings. The molecular weight excluding hydrogens is 330 g/mol. The van der Waals surface area contributed by atoms with Gasteiger partial charge in [-0.3, -0.25) is 4.79 Å². The van der Waals surface area contributed by atoms with Crippen LogP contribution in [0.1, 0.15) is 34.2 Å². The van der Waals surface area contributed by atoms with Gasteiger partial charge in [0.25, 0.3) is 5.91 Å². The monoisotopic (exact) mass is 347 g/mol. The number of carbonyl (C=O) groups is 1. The van der Waals surface area contributed by atoms with Crippen molar-refractivity contribution in [3.05, 3.63) is 57.3 Å². The molecule has 0 saturated heterocycles. The van der Waals surface area contributed by atoms with Crippen molar-refractivity contribution in [3.63, 3.8) is 0 Å². The molecule has 0 spiro atoms. The zero-order valence-corrected chi connectivity index (χ0v) is 13.9. The summed E-state index contributed by atoms with van der Waals surface area (Å²) < 4.78 is 2.96. The Labute approximate surface area is 133 Å². The Morgan fingerprint density at radius 3 is 2.71 bits per heavy atom. The van der Waals surface area contributed by atoms with Crippen LogP contribution in [0.4, 0.5) is 0 Å². The molecule has 5 heteroatoms. The molecule has 0 aliphatic rings. The predicted molar refractivity (Wildman–Crippen MR) is 88.8 cm³/mol. The molecule has 21 heavy (non-hydrogen) atoms. The number of hydrogen-bond donors (Lipinski definition) is 1. The fourth-order valence-electron chi connectivity index (χ4n) is 2.31. The van der Waals surface area contributed by atoms with E-state index >= 15 is 0 Å². The van der Waals surface area contributed by atoms with E-state index in [4.69, 9.17) is 0 Å². The van der Waals surface area contributed by atoms with Gasteiger partial charge in [-0.05, 0) is 54.9 Å². The fourth-order valence-corrected chi connectivity index (χ4v) is 2.78. The van der Waals surface area contributed by atoms with Gasteiger partial charge < -0.3 is 4.57 Å². The van der Waals surface area contributed by atoms with Crippen molar-refractivity contribution in [3.8, 4) is 0 Å². The van der Waals surface area contributed by atoms with Gasteiger partial charge in [-0.15, -0.1) is 0 Å². The maximum Gasteiger partial charge on any atom is 0.272 e. The molecule has 1 amide bonds. The van der Waals surface area contributed by atoms with Crippen molar-refractivity contribution < 1.29 is 4.79 Å². The average molecular weight is 348 g/mol. The van der Waals surface area contributed by atoms with Crippen molar-refractivity contribution in [2.75, 3.05) is 0 Å². The highest BCUT2D eigenvalue weighted by Gasteiger charge is 2.08. The first-order valence-corrected chi connectivity index (χ1v) is 7.58. The number of carbonyl (C=O) groups excluding carboxylic acids is 1. The first-order valence-electron chi connectivity index (χ1n) is 6.79. The summed E-state index contributed by atoms with van der Waals surface area (Å²) in [6.45, 7) is 7.14. The summed E-state index contributed by atoms with van der Waals surface area (Å²) in [5.41, 5.74) is 6.47. The molecule has 1 N–H and O–H groups in total. The number of aromatic nitrogens is 1. The van der Waals surface area contributed by atoms with E-state index in [1.807, 2.05) is 25.1 Å². The molecule has 0 aliphatic carbocycles. The zero-order chi connectivity index (χ0) is 15.4. The standard InChI is InChI=1S/C16H18BrN3O/c1-4-20-11(2)9-13(12(20)3)10-18-19-16(21)14-7-5-6-8-15(14)17/h5-10H,4H2,1-3H3,(H,19,21)/b18-10-. The zero-order valence-electron chi connectivity index (χ0n) is 12.4. The molecule has 110 valence electrons. The second kappa shape index (κ2) is 6.72. The highest BCUT2D eigenvalue weighted by molar-refractivity contribution is 9.10. The van der Waals surface area contributed by atoms with E-state index in [2.05, 4.69) is 50.9 Å². The van der Waals surface area contributed by atoms with Gasteiger partial charge in [-0.1, -0.05) is 12.1 Å². The molecule has 2 rings (SSSR count). The van der Waals surface area contributed by atoms with Gasteiger partial charge >= 0.3 is 0 Å². The van der Waals surface area contributed by atoms with E-state index in [0.29, 0.717) is 5.56 Å². The third kappa shape index (κ3) is 3.42. The van der Waals surface area contributed by atoms with E-state index < -0.39 is 0 Å². The third-order valence-corrected chi connectivity index (χ3v) is 4.11. The predicted octanol–water partition coefficient (Wildman–Crippen LogP) is 3.65. The van der Waals surface area contributed by atoms with Gasteiger partial charge in [-0.25, -0.2) is 5.43 Å². The number of benzene rings is 1. The maximum atomic E-state index is 12.0. The van der Waals surface area contributed by atoms with Gasteiger partial charge in [0, 0.05) is 28.0 Å². The highest BCUT2D eigenvalue weighted by atomic mass is 79.9. The summed E-state index contributed by atoms with van der Waals surface area (Å²) in [6, 6.07) is 9.32. The van der Waals surface area contributed by atoms with Gasteiger partial charge in [0.1, 0.15) is 0 Å². The van der Waals surface area contributed by atoms with Crippen LogP contribution in [0.3, 0.4) is 0 Å². The lowest BCUT2D eigenvalue weighted by Gasteiger charge is -2.04. The summed E-state index contributed by atoms with van der Waals surface area (Å²) in [5.74, 6) is -0.233. The van der Waals surface area contributed by atoms with E-state index in [-0.39, 0.29) is 5.91 Å². The lowest BCUT2D eigenvalue weighted by Crippen LogP contribution is -2.18. The molecule has 4 nitrogen and oxygen atoms in total. The van der Waals surface area contributed by atoms with Gasteiger partial charge in [-0.2, -0.15) is 5.10 Å². The van der Waals surface area contributed by atoms with Crippen LogP contribution in [-0.4, -0.2) is 16.7 Å². The number of halogens is 1. The summed E-state index contributed by atoms with van der Waals surface area (Å²) in [4.78, 5) is 12.0. The van der Waals surface area contributed by atoms with Crippen molar-refractivity contribution in [2.24, 2.45) is 5.10 Å². The van der Waals surface area contributed by atoms with Crippen LogP contribution >= 0.6 is 15.9 Å². The smallest absolute Gasteiger partial charge is 0.272 e. The Bertz CT molecular complexity index is 689. The lowest BCUT2D eigenvalue weighted by atomic mass is 10.2. The molecular formula is C16H18BrN3O. The molecule has 2 aromatic rings. The summed E-state index contributed by atoms with van der Waals surface area (Å²) in [5, 5.41) is 4.05. The van der Waals surface area contributed by atoms with E-state index in [1.165, 1.54) is 5.69 Å². The van der Waals surface area contributed by atoms with E-state index in [0.717, 1.165) is 22.3 Å². The Morgan fingerprint density at radius 1 is 1.38 bits per heavy atom. The SMILES string of the molecule is CCn1c(C)cc(/C=N\NC(=O)c2ccccc2Br)c1C. The second-order valence-electron chi connectivity index (χ2n) is 4.75. The Kier molecular flexibility index (Phi) is 4.96. The Morgan fingerprint density at radius 2 is 2.10 bits per heavy atom. The molecule has 0 atom stereocenters. The normalized spacial score (nSPS) is 11.0. The minimum absolute atomic E-state index is 0.233. The Balaban J connectivity index is 2.10. The van der Waals surface area contributed by atoms with Crippen molar-refractivity contribution in [1.29, 1.82) is 0 Å². The number of nitrogens with zero attached hydrogens (tertiary/aromatic N) is 2. The van der Waals surface area contributed by atoms with Gasteiger partial charge in [0.05, 0.1) is 11.8 Å². The largest absolute Gasteiger partial charge is 0.349 e. The second-order valence-corrected chi connectivity index (χ2v) is 5.60. The highest BCUT2D eigenvalue weighted by Crippen LogP contribution is 2.15. The lowest BCUT2D eigenvalue weighted by molar-refractivity contribution is 0.0954. The maximum absolute atomic E-state index is 12.0. The molecule has 1 aromatic heterocycles. The number of nitrogens with one attached hydrogen (secondary N) is 1. The molecule has 0 bridgehead atoms. The quantitative estimate of drug-likeness (QED) is 0.665. The van der Waals surface area contributed by atoms with Crippen molar-refractivity contribution in [1.82, 2.24) is 9.99 Å². The molecule has 0 unspecified atom stereocenters. The Hall–Kier alpha value is -1.88. The summed E-state index contributed by atoms with van der Waals surface area (Å²) in [6.07, 6.45) is 1.68. The number of hydrogen-bond acceptors (Lipinski definition) is 2. The van der Waals surface area contributed by atoms with Crippen LogP contribution in [-0.2, 0) is 6.54 Å². The topological polar surface area (TPSA) is 46.4 Å². The average Bonchev–Trinajstić information content (AvgIpc) is 2.73. The number of amides is 1. The first kappa shape index (κ1) is 15.5. The van der Waals surface area contributed by atoms with Crippen LogP contribution in [0.5, 0.6) is 0 Å². The van der Waals surface area contributed by atoms with Crippen molar-refractivity contribution >= 4 is 28.1 Å². The van der Waals surface area contributed by atoms with Crippen LogP contribution in [0.25, 0.3) is 0 Å². The van der Waals surface area contributed by atoms with E-state index in [1.54, 1.807) is 12.3 Å². The minimum atomic E-state index is -0.233. The fraction of sp³-hybridized carbons (Fsp3) is 0.250. The third-order valence-electron chi connectivity index (χ3n) is 3.42. The molecule has 1 aromatic carbocycles. The molecule has 1 heterocycles. The molecule has 0 saturated carbocycles. The van der Waals surface area contributed by atoms with Gasteiger partial charge in [0.2, 0.25) is 0 Å². The molecule has 0 radical (unpaired) electrons. The van der Waals surface area contributed by atoms with Crippen molar-refractivity contribution in [2.45, 2.75) is 27.3 Å². The van der Waals surface area contributed by atoms with Crippen LogP contribution in [0.15, 0.2) is 39.9 Å².